The van der Waals surface area contributed by atoms with Gasteiger partial charge in [0, 0.05) is 24.8 Å². The molecule has 0 spiro atoms. The van der Waals surface area contributed by atoms with Gasteiger partial charge >= 0.3 is 0 Å². The van der Waals surface area contributed by atoms with E-state index < -0.39 is 0 Å². The van der Waals surface area contributed by atoms with Crippen LogP contribution in [0.3, 0.4) is 0 Å². The molecule has 5 nitrogen and oxygen atoms in total. The Kier molecular flexibility index (Phi) is 3.34. The van der Waals surface area contributed by atoms with Crippen molar-refractivity contribution in [1.29, 1.82) is 0 Å². The summed E-state index contributed by atoms with van der Waals surface area (Å²) in [6.45, 7) is 1.90. The van der Waals surface area contributed by atoms with Crippen molar-refractivity contribution in [3.05, 3.63) is 22.6 Å². The van der Waals surface area contributed by atoms with E-state index in [4.69, 9.17) is 0 Å². The lowest BCUT2D eigenvalue weighted by molar-refractivity contribution is 0.413. The Morgan fingerprint density at radius 3 is 3.20 bits per heavy atom. The lowest BCUT2D eigenvalue weighted by atomic mass is 10.1. The van der Waals surface area contributed by atoms with Crippen LogP contribution in [0.5, 0.6) is 0 Å². The highest BCUT2D eigenvalue weighted by Gasteiger charge is 2.11. The molecule has 1 aliphatic heterocycles. The quantitative estimate of drug-likeness (QED) is 0.669. The van der Waals surface area contributed by atoms with Crippen LogP contribution in [0.2, 0.25) is 0 Å². The van der Waals surface area contributed by atoms with E-state index in [1.54, 1.807) is 0 Å². The number of hydrogen-bond acceptors (Lipinski definition) is 4. The first-order valence-electron chi connectivity index (χ1n) is 5.37. The zero-order valence-electron chi connectivity index (χ0n) is 8.62. The van der Waals surface area contributed by atoms with Crippen molar-refractivity contribution in [2.75, 3.05) is 18.4 Å². The second-order valence-corrected chi connectivity index (χ2v) is 3.81. The van der Waals surface area contributed by atoms with Gasteiger partial charge in [-0.05, 0) is 19.4 Å². The second kappa shape index (κ2) is 4.93. The lowest BCUT2D eigenvalue weighted by Crippen LogP contribution is -2.39. The Morgan fingerprint density at radius 2 is 2.47 bits per heavy atom. The van der Waals surface area contributed by atoms with Gasteiger partial charge in [0.1, 0.15) is 0 Å². The van der Waals surface area contributed by atoms with Crippen molar-refractivity contribution in [2.24, 2.45) is 0 Å². The fourth-order valence-corrected chi connectivity index (χ4v) is 1.78. The van der Waals surface area contributed by atoms with E-state index in [-0.39, 0.29) is 5.56 Å². The van der Waals surface area contributed by atoms with Gasteiger partial charge in [-0.25, -0.2) is 4.98 Å². The largest absolute Gasteiger partial charge is 0.354 e. The van der Waals surface area contributed by atoms with Crippen molar-refractivity contribution in [3.8, 4) is 0 Å². The van der Waals surface area contributed by atoms with Crippen LogP contribution in [0.25, 0.3) is 0 Å². The van der Waals surface area contributed by atoms with Crippen LogP contribution >= 0.6 is 0 Å². The van der Waals surface area contributed by atoms with Gasteiger partial charge in [0.25, 0.3) is 5.56 Å². The number of piperidine rings is 1. The van der Waals surface area contributed by atoms with E-state index in [1.165, 1.54) is 31.5 Å². The molecule has 0 amide bonds. The van der Waals surface area contributed by atoms with Crippen LogP contribution in [0.15, 0.2) is 17.1 Å². The summed E-state index contributed by atoms with van der Waals surface area (Å²) in [5.41, 5.74) is -0.121. The SMILES string of the molecule is O=c1ccnc(NCC2CCCCN2)[nH]1. The molecule has 2 heterocycles. The molecule has 0 aromatic carbocycles. The zero-order chi connectivity index (χ0) is 10.5. The number of rotatable bonds is 3. The van der Waals surface area contributed by atoms with Crippen LogP contribution in [0.1, 0.15) is 19.3 Å². The minimum Gasteiger partial charge on any atom is -0.354 e. The Morgan fingerprint density at radius 1 is 1.53 bits per heavy atom. The van der Waals surface area contributed by atoms with Crippen LogP contribution in [-0.4, -0.2) is 29.1 Å². The zero-order valence-corrected chi connectivity index (χ0v) is 8.62. The summed E-state index contributed by atoms with van der Waals surface area (Å²) in [6, 6.07) is 1.90. The van der Waals surface area contributed by atoms with Crippen molar-refractivity contribution in [1.82, 2.24) is 15.3 Å². The van der Waals surface area contributed by atoms with Crippen molar-refractivity contribution < 1.29 is 0 Å². The molecule has 1 unspecified atom stereocenters. The van der Waals surface area contributed by atoms with E-state index in [2.05, 4.69) is 20.6 Å². The van der Waals surface area contributed by atoms with E-state index in [9.17, 15) is 4.79 Å². The number of aromatic amines is 1. The topological polar surface area (TPSA) is 69.8 Å². The summed E-state index contributed by atoms with van der Waals surface area (Å²) in [6.07, 6.45) is 5.23. The third-order valence-corrected chi connectivity index (χ3v) is 2.60. The smallest absolute Gasteiger partial charge is 0.252 e. The molecule has 1 saturated heterocycles. The fraction of sp³-hybridized carbons (Fsp3) is 0.600. The molecular formula is C10H16N4O. The minimum absolute atomic E-state index is 0.121. The number of aromatic nitrogens is 2. The van der Waals surface area contributed by atoms with E-state index >= 15 is 0 Å². The minimum atomic E-state index is -0.121. The molecule has 3 N–H and O–H groups in total. The van der Waals surface area contributed by atoms with Gasteiger partial charge in [-0.1, -0.05) is 6.42 Å². The highest BCUT2D eigenvalue weighted by Crippen LogP contribution is 2.06. The fourth-order valence-electron chi connectivity index (χ4n) is 1.78. The molecule has 1 fully saturated rings. The summed E-state index contributed by atoms with van der Waals surface area (Å²) in [7, 11) is 0. The van der Waals surface area contributed by atoms with E-state index in [1.807, 2.05) is 0 Å². The number of nitrogens with zero attached hydrogens (tertiary/aromatic N) is 1. The molecule has 0 aliphatic carbocycles. The van der Waals surface area contributed by atoms with Gasteiger partial charge in [-0.15, -0.1) is 0 Å². The first-order valence-corrected chi connectivity index (χ1v) is 5.37. The summed E-state index contributed by atoms with van der Waals surface area (Å²) < 4.78 is 0. The molecule has 5 heteroatoms. The maximum absolute atomic E-state index is 11.0. The number of hydrogen-bond donors (Lipinski definition) is 3. The molecule has 1 aliphatic rings. The Hall–Kier alpha value is -1.36. The van der Waals surface area contributed by atoms with Gasteiger partial charge in [0.15, 0.2) is 0 Å². The molecule has 82 valence electrons. The molecule has 15 heavy (non-hydrogen) atoms. The Labute approximate surface area is 88.3 Å². The maximum Gasteiger partial charge on any atom is 0.252 e. The van der Waals surface area contributed by atoms with Crippen LogP contribution < -0.4 is 16.2 Å². The van der Waals surface area contributed by atoms with Gasteiger partial charge in [0.05, 0.1) is 0 Å². The van der Waals surface area contributed by atoms with E-state index in [0.29, 0.717) is 12.0 Å². The normalized spacial score (nSPS) is 21.2. The van der Waals surface area contributed by atoms with E-state index in [0.717, 1.165) is 13.1 Å². The van der Waals surface area contributed by atoms with Gasteiger partial charge < -0.3 is 10.6 Å². The summed E-state index contributed by atoms with van der Waals surface area (Å²) in [5.74, 6) is 0.551. The van der Waals surface area contributed by atoms with Crippen molar-refractivity contribution >= 4 is 5.95 Å². The summed E-state index contributed by atoms with van der Waals surface area (Å²) in [5, 5.41) is 6.55. The maximum atomic E-state index is 11.0. The Bertz CT molecular complexity index is 356. The summed E-state index contributed by atoms with van der Waals surface area (Å²) in [4.78, 5) is 17.7. The molecular weight excluding hydrogens is 192 g/mol. The first kappa shape index (κ1) is 10.2. The van der Waals surface area contributed by atoms with Crippen LogP contribution in [0, 0.1) is 0 Å². The van der Waals surface area contributed by atoms with Crippen molar-refractivity contribution in [3.63, 3.8) is 0 Å². The van der Waals surface area contributed by atoms with Gasteiger partial charge in [-0.3, -0.25) is 9.78 Å². The predicted molar refractivity (Wildman–Crippen MR) is 59.0 cm³/mol. The molecule has 1 aromatic heterocycles. The third-order valence-electron chi connectivity index (χ3n) is 2.60. The molecule has 2 rings (SSSR count). The second-order valence-electron chi connectivity index (χ2n) is 3.81. The average Bonchev–Trinajstić information content (AvgIpc) is 2.28. The van der Waals surface area contributed by atoms with Crippen LogP contribution in [0.4, 0.5) is 5.95 Å². The number of anilines is 1. The monoisotopic (exact) mass is 208 g/mol. The van der Waals surface area contributed by atoms with Gasteiger partial charge in [-0.2, -0.15) is 0 Å². The van der Waals surface area contributed by atoms with Crippen LogP contribution in [-0.2, 0) is 0 Å². The van der Waals surface area contributed by atoms with Crippen molar-refractivity contribution in [2.45, 2.75) is 25.3 Å². The number of nitrogens with one attached hydrogen (secondary N) is 3. The molecule has 1 aromatic rings. The Balaban J connectivity index is 1.84. The molecule has 0 saturated carbocycles. The molecule has 0 bridgehead atoms. The number of H-pyrrole nitrogens is 1. The standard InChI is InChI=1S/C10H16N4O/c15-9-4-6-12-10(14-9)13-7-8-3-1-2-5-11-8/h4,6,8,11H,1-3,5,7H2,(H2,12,13,14,15). The lowest BCUT2D eigenvalue weighted by Gasteiger charge is -2.23. The average molecular weight is 208 g/mol. The first-order chi connectivity index (χ1) is 7.34. The highest BCUT2D eigenvalue weighted by atomic mass is 16.1. The highest BCUT2D eigenvalue weighted by molar-refractivity contribution is 5.22. The molecule has 0 radical (unpaired) electrons. The summed E-state index contributed by atoms with van der Waals surface area (Å²) >= 11 is 0. The third kappa shape index (κ3) is 3.06. The predicted octanol–water partition coefficient (Wildman–Crippen LogP) is 0.324. The van der Waals surface area contributed by atoms with Gasteiger partial charge in [0.2, 0.25) is 5.95 Å². The molecule has 1 atom stereocenters.